The van der Waals surface area contributed by atoms with Crippen molar-refractivity contribution in [1.29, 1.82) is 0 Å². The second-order valence-electron chi connectivity index (χ2n) is 16.4. The van der Waals surface area contributed by atoms with Crippen molar-refractivity contribution in [2.45, 2.75) is 174 Å². The lowest BCUT2D eigenvalue weighted by molar-refractivity contribution is -0.130. The molecule has 2 heterocycles. The molecule has 2 aliphatic heterocycles. The Morgan fingerprint density at radius 2 is 1.18 bits per heavy atom. The highest BCUT2D eigenvalue weighted by molar-refractivity contribution is 5.74. The number of rotatable bonds is 11. The van der Waals surface area contributed by atoms with Crippen LogP contribution >= 0.6 is 0 Å². The molecule has 0 radical (unpaired) electrons. The van der Waals surface area contributed by atoms with Crippen molar-refractivity contribution in [1.82, 2.24) is 29.8 Å². The maximum absolute atomic E-state index is 10.9. The molecule has 13 nitrogen and oxygen atoms in total. The van der Waals surface area contributed by atoms with Crippen molar-refractivity contribution in [2.75, 3.05) is 87.2 Å². The molecule has 60 heavy (non-hydrogen) atoms. The number of likely N-dealkylation sites (N-methyl/N-ethyl adjacent to an activating group) is 1. The second-order valence-corrected chi connectivity index (χ2v) is 16.4. The van der Waals surface area contributed by atoms with Gasteiger partial charge in [0.1, 0.15) is 5.78 Å². The normalized spacial score (nSPS) is 16.4. The van der Waals surface area contributed by atoms with Crippen LogP contribution in [0.1, 0.15) is 168 Å². The molecular weight excluding hydrogens is 761 g/mol. The van der Waals surface area contributed by atoms with Gasteiger partial charge in [-0.3, -0.25) is 24.0 Å². The molecule has 0 aromatic heterocycles. The van der Waals surface area contributed by atoms with Gasteiger partial charge < -0.3 is 39.3 Å². The smallest absolute Gasteiger partial charge is 0.219 e. The van der Waals surface area contributed by atoms with Crippen LogP contribution in [0, 0.1) is 11.8 Å². The van der Waals surface area contributed by atoms with Crippen LogP contribution in [-0.2, 0) is 33.5 Å². The minimum absolute atomic E-state index is 0. The lowest BCUT2D eigenvalue weighted by Crippen LogP contribution is -2.37. The largest absolute Gasteiger partial charge is 0.377 e. The molecule has 5 amide bonds. The van der Waals surface area contributed by atoms with Crippen LogP contribution in [0.5, 0.6) is 0 Å². The standard InChI is InChI=1S/C10H19NO.C8H15NO.2C7H15NO.C6H13NO.C5H11NO.C3H6O.CH4/c1-9(12)11(2)8-10-6-4-3-5-7-10;1-7-4-3-5-9(6-7)8(2)10;1-8(2)6-7-4-3-5-9-7;1-4-6-8(5-2)7(3)9;1-4-5-7(3)6(2)8;1-3-4-6-5(2)7;1-3(2)4;/h10H,3-8H2,1-2H3;7H,3-6H2,1-2H3;7H,3-6H2,1-2H3;4-6H2,1-3H3;4-5H2,1-3H3;3-4H2,1-2H3,(H,6,7);1-2H3;1H4. The van der Waals surface area contributed by atoms with Gasteiger partial charge >= 0.3 is 0 Å². The summed E-state index contributed by atoms with van der Waals surface area (Å²) in [5, 5.41) is 2.66. The zero-order chi connectivity index (χ0) is 46.3. The van der Waals surface area contributed by atoms with Crippen LogP contribution in [0.3, 0.4) is 0 Å². The number of hydrogen-bond acceptors (Lipinski definition) is 8. The highest BCUT2D eigenvalue weighted by atomic mass is 16.5. The molecule has 0 aromatic rings. The SMILES string of the molecule is C.CC(=O)N(C)CC1CCCCC1.CC(=O)N1CCCC(C)C1.CC(C)=O.CCCN(C)C(C)=O.CCCN(CC)C(C)=O.CCCNC(C)=O.CN(C)CC1CCCO1. The zero-order valence-corrected chi connectivity index (χ0v) is 41.2. The van der Waals surface area contributed by atoms with Gasteiger partial charge in [-0.15, -0.1) is 0 Å². The summed E-state index contributed by atoms with van der Waals surface area (Å²) in [6, 6.07) is 0. The van der Waals surface area contributed by atoms with Gasteiger partial charge in [0, 0.05) is 108 Å². The average molecular weight is 859 g/mol. The van der Waals surface area contributed by atoms with E-state index in [0.29, 0.717) is 12.0 Å². The van der Waals surface area contributed by atoms with Crippen LogP contribution in [0.4, 0.5) is 0 Å². The number of hydrogen-bond donors (Lipinski definition) is 1. The Morgan fingerprint density at radius 3 is 1.47 bits per heavy atom. The number of ketones is 1. The van der Waals surface area contributed by atoms with E-state index in [9.17, 15) is 28.8 Å². The quantitative estimate of drug-likeness (QED) is 0.221. The third-order valence-corrected chi connectivity index (χ3v) is 9.53. The van der Waals surface area contributed by atoms with E-state index in [4.69, 9.17) is 4.74 Å². The summed E-state index contributed by atoms with van der Waals surface area (Å²) in [6.45, 7) is 29.8. The van der Waals surface area contributed by atoms with E-state index < -0.39 is 0 Å². The van der Waals surface area contributed by atoms with Crippen LogP contribution in [0.15, 0.2) is 0 Å². The Hall–Kier alpha value is -3.06. The van der Waals surface area contributed by atoms with E-state index in [1.165, 1.54) is 78.6 Å². The lowest BCUT2D eigenvalue weighted by atomic mass is 9.89. The Morgan fingerprint density at radius 1 is 0.650 bits per heavy atom. The number of nitrogens with one attached hydrogen (secondary N) is 1. The maximum atomic E-state index is 10.9. The number of ether oxygens (including phenoxy) is 1. The van der Waals surface area contributed by atoms with E-state index in [-0.39, 0.29) is 42.7 Å². The van der Waals surface area contributed by atoms with Gasteiger partial charge in [-0.25, -0.2) is 0 Å². The first kappa shape index (κ1) is 66.0. The summed E-state index contributed by atoms with van der Waals surface area (Å²) in [5.41, 5.74) is 0. The van der Waals surface area contributed by atoms with Gasteiger partial charge in [-0.05, 0) is 104 Å². The first-order valence-corrected chi connectivity index (χ1v) is 22.5. The fraction of sp³-hybridized carbons (Fsp3) is 0.872. The molecule has 13 heteroatoms. The minimum atomic E-state index is 0. The maximum Gasteiger partial charge on any atom is 0.219 e. The molecule has 0 bridgehead atoms. The summed E-state index contributed by atoms with van der Waals surface area (Å²) < 4.78 is 5.42. The Kier molecular flexibility index (Phi) is 48.4. The molecule has 358 valence electrons. The number of likely N-dealkylation sites (tertiary alicyclic amines) is 1. The zero-order valence-electron chi connectivity index (χ0n) is 41.2. The Labute approximate surface area is 370 Å². The average Bonchev–Trinajstić information content (AvgIpc) is 3.67. The number of amides is 5. The molecule has 3 aliphatic rings. The topological polar surface area (TPSA) is 140 Å². The molecule has 3 fully saturated rings. The van der Waals surface area contributed by atoms with E-state index in [1.54, 1.807) is 32.6 Å². The molecule has 2 unspecified atom stereocenters. The molecule has 1 N–H and O–H groups in total. The van der Waals surface area contributed by atoms with Crippen LogP contribution in [0.25, 0.3) is 0 Å². The van der Waals surface area contributed by atoms with Gasteiger partial charge in [0.25, 0.3) is 0 Å². The first-order valence-electron chi connectivity index (χ1n) is 22.5. The predicted molar refractivity (Wildman–Crippen MR) is 252 cm³/mol. The van der Waals surface area contributed by atoms with Crippen LogP contribution in [-0.4, -0.2) is 153 Å². The molecule has 1 aliphatic carbocycles. The molecule has 3 rings (SSSR count). The molecule has 1 saturated carbocycles. The number of nitrogens with zero attached hydrogens (tertiary/aromatic N) is 5. The van der Waals surface area contributed by atoms with Crippen LogP contribution < -0.4 is 5.32 Å². The minimum Gasteiger partial charge on any atom is -0.377 e. The van der Waals surface area contributed by atoms with Crippen LogP contribution in [0.2, 0.25) is 0 Å². The molecule has 2 saturated heterocycles. The van der Waals surface area contributed by atoms with Crippen molar-refractivity contribution in [3.63, 3.8) is 0 Å². The number of piperidine rings is 1. The summed E-state index contributed by atoms with van der Waals surface area (Å²) in [4.78, 5) is 72.0. The van der Waals surface area contributed by atoms with Crippen molar-refractivity contribution < 1.29 is 33.5 Å². The molecule has 0 spiro atoms. The van der Waals surface area contributed by atoms with Crippen molar-refractivity contribution in [2.24, 2.45) is 11.8 Å². The van der Waals surface area contributed by atoms with Gasteiger partial charge in [0.05, 0.1) is 6.10 Å². The number of Topliss-reactive ketones (excluding diaryl/α,β-unsaturated/α-hetero) is 1. The van der Waals surface area contributed by atoms with E-state index in [1.807, 2.05) is 42.6 Å². The third-order valence-electron chi connectivity index (χ3n) is 9.53. The summed E-state index contributed by atoms with van der Waals surface area (Å²) in [6.07, 6.45) is 15.3. The molecule has 0 aromatic carbocycles. The molecule has 2 atom stereocenters. The first-order chi connectivity index (χ1) is 27.6. The monoisotopic (exact) mass is 859 g/mol. The van der Waals surface area contributed by atoms with E-state index >= 15 is 0 Å². The highest BCUT2D eigenvalue weighted by Crippen LogP contribution is 2.24. The van der Waals surface area contributed by atoms with Crippen molar-refractivity contribution in [3.05, 3.63) is 0 Å². The highest BCUT2D eigenvalue weighted by Gasteiger charge is 2.18. The fourth-order valence-corrected chi connectivity index (χ4v) is 6.16. The summed E-state index contributed by atoms with van der Waals surface area (Å²) in [7, 11) is 7.88. The summed E-state index contributed by atoms with van der Waals surface area (Å²) in [5.74, 6) is 2.45. The molecular formula is C47H98N6O7. The van der Waals surface area contributed by atoms with Gasteiger partial charge in [-0.2, -0.15) is 0 Å². The van der Waals surface area contributed by atoms with Crippen molar-refractivity contribution in [3.8, 4) is 0 Å². The Balaban J connectivity index is -0.000000199. The third kappa shape index (κ3) is 47.6. The number of carbonyl (C=O) groups is 6. The fourth-order valence-electron chi connectivity index (χ4n) is 6.16. The lowest BCUT2D eigenvalue weighted by Gasteiger charge is -2.29. The summed E-state index contributed by atoms with van der Waals surface area (Å²) >= 11 is 0. The Bertz CT molecular complexity index is 1070. The number of carbonyl (C=O) groups excluding carboxylic acids is 6. The van der Waals surface area contributed by atoms with E-state index in [2.05, 4.69) is 45.1 Å². The second kappa shape index (κ2) is 44.0. The van der Waals surface area contributed by atoms with Gasteiger partial charge in [0.2, 0.25) is 29.5 Å². The predicted octanol–water partition coefficient (Wildman–Crippen LogP) is 7.94. The van der Waals surface area contributed by atoms with Crippen molar-refractivity contribution >= 4 is 35.3 Å². The van der Waals surface area contributed by atoms with Gasteiger partial charge in [0.15, 0.2) is 0 Å². The van der Waals surface area contributed by atoms with E-state index in [0.717, 1.165) is 84.1 Å². The van der Waals surface area contributed by atoms with Gasteiger partial charge in [-0.1, -0.05) is 54.4 Å².